The Kier molecular flexibility index (Phi) is 7.07. The maximum absolute atomic E-state index is 11.9. The van der Waals surface area contributed by atoms with E-state index in [1.54, 1.807) is 13.1 Å². The summed E-state index contributed by atoms with van der Waals surface area (Å²) < 4.78 is 5.17. The van der Waals surface area contributed by atoms with Gasteiger partial charge in [0.05, 0.1) is 6.26 Å². The zero-order valence-electron chi connectivity index (χ0n) is 15.1. The fourth-order valence-corrected chi connectivity index (χ4v) is 2.49. The summed E-state index contributed by atoms with van der Waals surface area (Å²) >= 11 is 0. The molecule has 0 aliphatic rings. The molecule has 2 N–H and O–H groups in total. The van der Waals surface area contributed by atoms with Crippen LogP contribution in [0.15, 0.2) is 52.1 Å². The predicted octanol–water partition coefficient (Wildman–Crippen LogP) is 2.42. The molecule has 25 heavy (non-hydrogen) atoms. The van der Waals surface area contributed by atoms with Gasteiger partial charge in [0, 0.05) is 39.3 Å². The van der Waals surface area contributed by atoms with Gasteiger partial charge in [-0.25, -0.2) is 0 Å². The number of hydrogen-bond donors (Lipinski definition) is 2. The van der Waals surface area contributed by atoms with Crippen molar-refractivity contribution >= 4 is 11.9 Å². The monoisotopic (exact) mass is 342 g/mol. The molecule has 1 amide bonds. The Morgan fingerprint density at radius 2 is 1.88 bits per heavy atom. The minimum atomic E-state index is -0.173. The molecule has 0 fully saturated rings. The maximum Gasteiger partial charge on any atom is 0.287 e. The molecule has 0 aliphatic heterocycles. The Labute approximate surface area is 148 Å². The minimum absolute atomic E-state index is 0.173. The number of rotatable bonds is 7. The standard InChI is InChI=1S/C19H26N4O2/c1-15-10-13-25-17(15)18(24)21-11-7-12-22-19(20-2)23(3)14-16-8-5-4-6-9-16/h4-6,8-10,13H,7,11-12,14H2,1-3H3,(H,20,22)(H,21,24). The van der Waals surface area contributed by atoms with E-state index >= 15 is 0 Å². The van der Waals surface area contributed by atoms with Gasteiger partial charge in [-0.3, -0.25) is 9.79 Å². The molecule has 1 aromatic carbocycles. The molecule has 2 rings (SSSR count). The summed E-state index contributed by atoms with van der Waals surface area (Å²) in [6.45, 7) is 3.94. The van der Waals surface area contributed by atoms with Gasteiger partial charge in [-0.05, 0) is 25.0 Å². The normalized spacial score (nSPS) is 11.2. The van der Waals surface area contributed by atoms with Gasteiger partial charge in [-0.15, -0.1) is 0 Å². The SMILES string of the molecule is CN=C(NCCCNC(=O)c1occc1C)N(C)Cc1ccccc1. The lowest BCUT2D eigenvalue weighted by molar-refractivity contribution is 0.0925. The Morgan fingerprint density at radius 1 is 1.16 bits per heavy atom. The highest BCUT2D eigenvalue weighted by Gasteiger charge is 2.11. The van der Waals surface area contributed by atoms with Crippen LogP contribution in [0.1, 0.15) is 28.1 Å². The van der Waals surface area contributed by atoms with Crippen LogP contribution < -0.4 is 10.6 Å². The molecule has 134 valence electrons. The van der Waals surface area contributed by atoms with Crippen LogP contribution in [0.3, 0.4) is 0 Å². The first-order valence-corrected chi connectivity index (χ1v) is 8.40. The first kappa shape index (κ1) is 18.6. The molecule has 6 nitrogen and oxygen atoms in total. The topological polar surface area (TPSA) is 69.9 Å². The fraction of sp³-hybridized carbons (Fsp3) is 0.368. The van der Waals surface area contributed by atoms with Gasteiger partial charge in [0.15, 0.2) is 11.7 Å². The summed E-state index contributed by atoms with van der Waals surface area (Å²) in [5.41, 5.74) is 2.08. The molecule has 0 bridgehead atoms. The molecule has 1 heterocycles. The van der Waals surface area contributed by atoms with Crippen molar-refractivity contribution in [1.82, 2.24) is 15.5 Å². The number of amides is 1. The Bertz CT molecular complexity index is 694. The summed E-state index contributed by atoms with van der Waals surface area (Å²) in [4.78, 5) is 18.3. The smallest absolute Gasteiger partial charge is 0.287 e. The van der Waals surface area contributed by atoms with E-state index in [0.717, 1.165) is 31.0 Å². The van der Waals surface area contributed by atoms with Crippen LogP contribution in [0, 0.1) is 6.92 Å². The Hall–Kier alpha value is -2.76. The number of carbonyl (C=O) groups is 1. The van der Waals surface area contributed by atoms with Gasteiger partial charge in [0.25, 0.3) is 5.91 Å². The van der Waals surface area contributed by atoms with Crippen molar-refractivity contribution in [2.24, 2.45) is 4.99 Å². The molecular formula is C19H26N4O2. The highest BCUT2D eigenvalue weighted by atomic mass is 16.3. The molecule has 0 atom stereocenters. The Balaban J connectivity index is 1.69. The maximum atomic E-state index is 11.9. The summed E-state index contributed by atoms with van der Waals surface area (Å²) in [5.74, 6) is 1.04. The molecule has 0 radical (unpaired) electrons. The Morgan fingerprint density at radius 3 is 2.52 bits per heavy atom. The number of hydrogen-bond acceptors (Lipinski definition) is 3. The minimum Gasteiger partial charge on any atom is -0.459 e. The van der Waals surface area contributed by atoms with Crippen LogP contribution >= 0.6 is 0 Å². The number of benzene rings is 1. The first-order chi connectivity index (χ1) is 12.1. The third kappa shape index (κ3) is 5.67. The predicted molar refractivity (Wildman–Crippen MR) is 99.7 cm³/mol. The number of guanidine groups is 1. The molecule has 6 heteroatoms. The lowest BCUT2D eigenvalue weighted by Crippen LogP contribution is -2.39. The average molecular weight is 342 g/mol. The van der Waals surface area contributed by atoms with Crippen LogP contribution in [-0.4, -0.2) is 44.0 Å². The molecule has 0 saturated heterocycles. The average Bonchev–Trinajstić information content (AvgIpc) is 3.04. The molecule has 2 aromatic rings. The van der Waals surface area contributed by atoms with E-state index in [0.29, 0.717) is 12.3 Å². The molecular weight excluding hydrogens is 316 g/mol. The summed E-state index contributed by atoms with van der Waals surface area (Å²) in [7, 11) is 3.77. The first-order valence-electron chi connectivity index (χ1n) is 8.40. The molecule has 0 unspecified atom stereocenters. The van der Waals surface area contributed by atoms with E-state index in [-0.39, 0.29) is 5.91 Å². The second-order valence-corrected chi connectivity index (χ2v) is 5.86. The molecule has 0 spiro atoms. The van der Waals surface area contributed by atoms with Gasteiger partial charge in [-0.2, -0.15) is 0 Å². The summed E-state index contributed by atoms with van der Waals surface area (Å²) in [5, 5.41) is 6.17. The quantitative estimate of drug-likeness (QED) is 0.461. The van der Waals surface area contributed by atoms with Crippen LogP contribution in [0.25, 0.3) is 0 Å². The highest BCUT2D eigenvalue weighted by Crippen LogP contribution is 2.07. The second kappa shape index (κ2) is 9.52. The van der Waals surface area contributed by atoms with E-state index in [9.17, 15) is 4.79 Å². The number of aryl methyl sites for hydroxylation is 1. The van der Waals surface area contributed by atoms with Gasteiger partial charge < -0.3 is 20.0 Å². The third-order valence-electron chi connectivity index (χ3n) is 3.83. The lowest BCUT2D eigenvalue weighted by atomic mass is 10.2. The van der Waals surface area contributed by atoms with Crippen molar-refractivity contribution in [3.05, 3.63) is 59.5 Å². The van der Waals surface area contributed by atoms with E-state index in [2.05, 4.69) is 32.7 Å². The highest BCUT2D eigenvalue weighted by molar-refractivity contribution is 5.92. The van der Waals surface area contributed by atoms with E-state index in [1.165, 1.54) is 11.8 Å². The third-order valence-corrected chi connectivity index (χ3v) is 3.83. The lowest BCUT2D eigenvalue weighted by Gasteiger charge is -2.22. The number of aliphatic imine (C=N–C) groups is 1. The zero-order chi connectivity index (χ0) is 18.1. The van der Waals surface area contributed by atoms with Crippen molar-refractivity contribution in [2.45, 2.75) is 19.9 Å². The summed E-state index contributed by atoms with van der Waals surface area (Å²) in [6, 6.07) is 12.0. The number of nitrogens with zero attached hydrogens (tertiary/aromatic N) is 2. The van der Waals surface area contributed by atoms with Crippen molar-refractivity contribution in [3.63, 3.8) is 0 Å². The van der Waals surface area contributed by atoms with Crippen molar-refractivity contribution in [2.75, 3.05) is 27.2 Å². The largest absolute Gasteiger partial charge is 0.459 e. The number of furan rings is 1. The molecule has 1 aromatic heterocycles. The van der Waals surface area contributed by atoms with Crippen LogP contribution in [0.5, 0.6) is 0 Å². The van der Waals surface area contributed by atoms with Gasteiger partial charge in [0.1, 0.15) is 0 Å². The second-order valence-electron chi connectivity index (χ2n) is 5.86. The van der Waals surface area contributed by atoms with E-state index in [4.69, 9.17) is 4.42 Å². The van der Waals surface area contributed by atoms with Crippen molar-refractivity contribution < 1.29 is 9.21 Å². The number of carbonyl (C=O) groups excluding carboxylic acids is 1. The summed E-state index contributed by atoms with van der Waals surface area (Å²) in [6.07, 6.45) is 2.32. The van der Waals surface area contributed by atoms with E-state index < -0.39 is 0 Å². The van der Waals surface area contributed by atoms with Crippen LogP contribution in [-0.2, 0) is 6.54 Å². The van der Waals surface area contributed by atoms with Crippen molar-refractivity contribution in [3.8, 4) is 0 Å². The zero-order valence-corrected chi connectivity index (χ0v) is 15.1. The van der Waals surface area contributed by atoms with Gasteiger partial charge in [0.2, 0.25) is 0 Å². The van der Waals surface area contributed by atoms with Crippen LogP contribution in [0.2, 0.25) is 0 Å². The van der Waals surface area contributed by atoms with Crippen molar-refractivity contribution in [1.29, 1.82) is 0 Å². The van der Waals surface area contributed by atoms with E-state index in [1.807, 2.05) is 32.2 Å². The fourth-order valence-electron chi connectivity index (χ4n) is 2.49. The van der Waals surface area contributed by atoms with Gasteiger partial charge >= 0.3 is 0 Å². The van der Waals surface area contributed by atoms with Crippen LogP contribution in [0.4, 0.5) is 0 Å². The number of nitrogens with one attached hydrogen (secondary N) is 2. The van der Waals surface area contributed by atoms with Gasteiger partial charge in [-0.1, -0.05) is 30.3 Å². The molecule has 0 aliphatic carbocycles. The molecule has 0 saturated carbocycles.